The summed E-state index contributed by atoms with van der Waals surface area (Å²) in [4.78, 5) is 49.8. The maximum atomic E-state index is 14.1. The van der Waals surface area contributed by atoms with Crippen molar-refractivity contribution in [3.8, 4) is 0 Å². The lowest BCUT2D eigenvalue weighted by atomic mass is 9.85. The van der Waals surface area contributed by atoms with Gasteiger partial charge in [-0.25, -0.2) is 4.79 Å². The molecule has 1 atom stereocenters. The summed E-state index contributed by atoms with van der Waals surface area (Å²) in [6.45, 7) is 2.75. The zero-order chi connectivity index (χ0) is 31.1. The summed E-state index contributed by atoms with van der Waals surface area (Å²) < 4.78 is 4.89. The highest BCUT2D eigenvalue weighted by Gasteiger charge is 2.54. The third-order valence-electron chi connectivity index (χ3n) is 8.64. The predicted molar refractivity (Wildman–Crippen MR) is 171 cm³/mol. The highest BCUT2D eigenvalue weighted by molar-refractivity contribution is 5.96. The molecule has 44 heavy (non-hydrogen) atoms. The minimum absolute atomic E-state index is 0.0347. The minimum atomic E-state index is -0.865. The van der Waals surface area contributed by atoms with E-state index >= 15 is 0 Å². The fourth-order valence-electron chi connectivity index (χ4n) is 6.38. The van der Waals surface area contributed by atoms with E-state index in [-0.39, 0.29) is 25.1 Å². The van der Waals surface area contributed by atoms with Gasteiger partial charge in [-0.3, -0.25) is 19.5 Å². The molecule has 0 aliphatic carbocycles. The first-order chi connectivity index (χ1) is 21.3. The van der Waals surface area contributed by atoms with Crippen LogP contribution in [0.4, 0.5) is 5.69 Å². The van der Waals surface area contributed by atoms with Gasteiger partial charge in [-0.2, -0.15) is 0 Å². The van der Waals surface area contributed by atoms with Crippen molar-refractivity contribution in [2.45, 2.75) is 43.8 Å². The van der Waals surface area contributed by atoms with Gasteiger partial charge in [0.2, 0.25) is 11.8 Å². The van der Waals surface area contributed by atoms with Gasteiger partial charge in [-0.05, 0) is 54.2 Å². The van der Waals surface area contributed by atoms with Gasteiger partial charge in [-0.1, -0.05) is 60.7 Å². The SMILES string of the molecule is COC(=O)C(CCCN=C(N)N)NC(=O)CN1CN(c2ccccc2)C2(CCN(Cc3cccc4ccccc34)CC2)C1=O. The molecule has 0 aromatic heterocycles. The number of piperidine rings is 1. The Hall–Kier alpha value is -4.64. The van der Waals surface area contributed by atoms with Crippen LogP contribution in [0, 0.1) is 0 Å². The van der Waals surface area contributed by atoms with Crippen LogP contribution in [0.25, 0.3) is 10.8 Å². The van der Waals surface area contributed by atoms with Crippen molar-refractivity contribution in [1.29, 1.82) is 0 Å². The van der Waals surface area contributed by atoms with Crippen molar-refractivity contribution in [1.82, 2.24) is 15.1 Å². The maximum absolute atomic E-state index is 14.1. The second-order valence-electron chi connectivity index (χ2n) is 11.4. The number of benzene rings is 3. The number of aliphatic imine (C=N–C) groups is 1. The van der Waals surface area contributed by atoms with Gasteiger partial charge in [-0.15, -0.1) is 0 Å². The lowest BCUT2D eigenvalue weighted by Crippen LogP contribution is -2.56. The Morgan fingerprint density at radius 2 is 1.70 bits per heavy atom. The van der Waals surface area contributed by atoms with Crippen LogP contribution < -0.4 is 21.7 Å². The molecule has 0 saturated carbocycles. The predicted octanol–water partition coefficient (Wildman–Crippen LogP) is 2.19. The van der Waals surface area contributed by atoms with Crippen LogP contribution in [-0.4, -0.2) is 85.1 Å². The second-order valence-corrected chi connectivity index (χ2v) is 11.4. The van der Waals surface area contributed by atoms with Gasteiger partial charge in [0.1, 0.15) is 18.1 Å². The molecule has 2 amide bonds. The van der Waals surface area contributed by atoms with Gasteiger partial charge in [0.05, 0.1) is 13.8 Å². The topological polar surface area (TPSA) is 147 Å². The first-order valence-corrected chi connectivity index (χ1v) is 15.0. The number of para-hydroxylation sites is 1. The molecular formula is C33H41N7O4. The Morgan fingerprint density at radius 1 is 1.00 bits per heavy atom. The Morgan fingerprint density at radius 3 is 2.43 bits per heavy atom. The van der Waals surface area contributed by atoms with Crippen molar-refractivity contribution in [2.75, 3.05) is 44.9 Å². The average Bonchev–Trinajstić information content (AvgIpc) is 3.29. The van der Waals surface area contributed by atoms with Crippen molar-refractivity contribution >= 4 is 40.2 Å². The third kappa shape index (κ3) is 6.78. The fraction of sp³-hybridized carbons (Fsp3) is 0.394. The minimum Gasteiger partial charge on any atom is -0.467 e. The smallest absolute Gasteiger partial charge is 0.328 e. The largest absolute Gasteiger partial charge is 0.467 e. The first-order valence-electron chi connectivity index (χ1n) is 15.0. The summed E-state index contributed by atoms with van der Waals surface area (Å²) >= 11 is 0. The lowest BCUT2D eigenvalue weighted by Gasteiger charge is -2.43. The van der Waals surface area contributed by atoms with Crippen molar-refractivity contribution in [3.05, 3.63) is 78.4 Å². The van der Waals surface area contributed by atoms with Gasteiger partial charge in [0, 0.05) is 31.9 Å². The van der Waals surface area contributed by atoms with Crippen LogP contribution in [0.3, 0.4) is 0 Å². The van der Waals surface area contributed by atoms with E-state index in [0.29, 0.717) is 32.2 Å². The molecule has 5 N–H and O–H groups in total. The summed E-state index contributed by atoms with van der Waals surface area (Å²) in [5.74, 6) is -1.08. The number of ether oxygens (including phenoxy) is 1. The summed E-state index contributed by atoms with van der Waals surface area (Å²) in [6.07, 6.45) is 2.05. The number of hydrogen-bond donors (Lipinski definition) is 3. The second kappa shape index (κ2) is 13.8. The number of amides is 2. The third-order valence-corrected chi connectivity index (χ3v) is 8.64. The number of likely N-dealkylation sites (tertiary alicyclic amines) is 1. The molecule has 2 fully saturated rings. The number of nitrogens with zero attached hydrogens (tertiary/aromatic N) is 4. The van der Waals surface area contributed by atoms with Crippen molar-refractivity contribution in [2.24, 2.45) is 16.5 Å². The van der Waals surface area contributed by atoms with Gasteiger partial charge >= 0.3 is 5.97 Å². The standard InChI is InChI=1S/C33H41N7O4/c1-44-30(42)28(15-8-18-36-32(34)35)37-29(41)22-39-23-40(26-12-3-2-4-13-26)33(31(39)43)16-19-38(20-17-33)21-25-11-7-10-24-9-5-6-14-27(24)25/h2-7,9-14,28H,8,15-23H2,1H3,(H,37,41)(H4,34,35,36). The van der Waals surface area contributed by atoms with E-state index in [0.717, 1.165) is 25.3 Å². The van der Waals surface area contributed by atoms with E-state index in [1.807, 2.05) is 30.3 Å². The molecule has 3 aromatic rings. The van der Waals surface area contributed by atoms with Crippen LogP contribution >= 0.6 is 0 Å². The molecule has 1 unspecified atom stereocenters. The van der Waals surface area contributed by atoms with Crippen LogP contribution in [0.1, 0.15) is 31.2 Å². The molecular weight excluding hydrogens is 558 g/mol. The number of anilines is 1. The molecule has 1 spiro atoms. The number of fused-ring (bicyclic) bond motifs is 1. The van der Waals surface area contributed by atoms with Crippen molar-refractivity contribution in [3.63, 3.8) is 0 Å². The number of rotatable bonds is 11. The van der Waals surface area contributed by atoms with Gasteiger partial charge < -0.3 is 31.3 Å². The number of nitrogens with one attached hydrogen (secondary N) is 1. The zero-order valence-corrected chi connectivity index (χ0v) is 25.2. The van der Waals surface area contributed by atoms with Crippen molar-refractivity contribution < 1.29 is 19.1 Å². The number of hydrogen-bond acceptors (Lipinski definition) is 7. The molecule has 3 aromatic carbocycles. The Labute approximate surface area is 257 Å². The molecule has 11 nitrogen and oxygen atoms in total. The Kier molecular flexibility index (Phi) is 9.64. The van der Waals surface area contributed by atoms with Crippen LogP contribution in [0.2, 0.25) is 0 Å². The van der Waals surface area contributed by atoms with E-state index in [1.54, 1.807) is 4.90 Å². The number of carbonyl (C=O) groups excluding carboxylic acids is 3. The number of nitrogens with two attached hydrogens (primary N) is 2. The fourth-order valence-corrected chi connectivity index (χ4v) is 6.38. The molecule has 0 radical (unpaired) electrons. The van der Waals surface area contributed by atoms with Gasteiger partial charge in [0.25, 0.3) is 0 Å². The quantitative estimate of drug-likeness (QED) is 0.132. The van der Waals surface area contributed by atoms with E-state index in [4.69, 9.17) is 16.2 Å². The lowest BCUT2D eigenvalue weighted by molar-refractivity contribution is -0.145. The van der Waals surface area contributed by atoms with Crippen LogP contribution in [0.5, 0.6) is 0 Å². The zero-order valence-electron chi connectivity index (χ0n) is 25.2. The molecule has 2 saturated heterocycles. The molecule has 2 heterocycles. The number of guanidine groups is 1. The molecule has 11 heteroatoms. The number of methoxy groups -OCH3 is 1. The number of esters is 1. The summed E-state index contributed by atoms with van der Waals surface area (Å²) in [7, 11) is 1.27. The summed E-state index contributed by atoms with van der Waals surface area (Å²) in [6, 6.07) is 23.8. The molecule has 2 aliphatic heterocycles. The van der Waals surface area contributed by atoms with E-state index in [2.05, 4.69) is 62.6 Å². The maximum Gasteiger partial charge on any atom is 0.328 e. The van der Waals surface area contributed by atoms with E-state index in [1.165, 1.54) is 23.4 Å². The first kappa shape index (κ1) is 30.8. The highest BCUT2D eigenvalue weighted by atomic mass is 16.5. The molecule has 0 bridgehead atoms. The van der Waals surface area contributed by atoms with E-state index in [9.17, 15) is 14.4 Å². The molecule has 5 rings (SSSR count). The van der Waals surface area contributed by atoms with Crippen LogP contribution in [-0.2, 0) is 25.7 Å². The van der Waals surface area contributed by atoms with E-state index < -0.39 is 23.5 Å². The van der Waals surface area contributed by atoms with Crippen LogP contribution in [0.15, 0.2) is 77.8 Å². The van der Waals surface area contributed by atoms with Gasteiger partial charge in [0.15, 0.2) is 5.96 Å². The highest BCUT2D eigenvalue weighted by Crippen LogP contribution is 2.40. The molecule has 2 aliphatic rings. The normalized spacial score (nSPS) is 17.1. The Balaban J connectivity index is 1.28. The Bertz CT molecular complexity index is 1500. The molecule has 232 valence electrons. The summed E-state index contributed by atoms with van der Waals surface area (Å²) in [5, 5.41) is 5.22. The number of carbonyl (C=O) groups is 3. The summed E-state index contributed by atoms with van der Waals surface area (Å²) in [5.41, 5.74) is 12.2. The average molecular weight is 600 g/mol. The monoisotopic (exact) mass is 599 g/mol.